The van der Waals surface area contributed by atoms with Gasteiger partial charge in [-0.2, -0.15) is 0 Å². The molecule has 1 aliphatic rings. The number of imidazole rings is 1. The minimum absolute atomic E-state index is 0.0220. The molecule has 0 bridgehead atoms. The van der Waals surface area contributed by atoms with Crippen molar-refractivity contribution in [2.75, 3.05) is 24.6 Å². The van der Waals surface area contributed by atoms with Gasteiger partial charge in [0, 0.05) is 55.2 Å². The largest absolute Gasteiger partial charge is 0.403 e. The van der Waals surface area contributed by atoms with E-state index in [0.29, 0.717) is 12.5 Å². The molecular weight excluding hydrogens is 456 g/mol. The van der Waals surface area contributed by atoms with Crippen LogP contribution in [0.5, 0.6) is 0 Å². The summed E-state index contributed by atoms with van der Waals surface area (Å²) in [6, 6.07) is 15.1. The van der Waals surface area contributed by atoms with E-state index in [0.717, 1.165) is 60.1 Å². The first-order valence-corrected chi connectivity index (χ1v) is 13.0. The Hall–Kier alpha value is -2.68. The van der Waals surface area contributed by atoms with Crippen LogP contribution in [-0.2, 0) is 23.2 Å². The zero-order valence-electron chi connectivity index (χ0n) is 21.3. The molecule has 7 nitrogen and oxygen atoms in total. The van der Waals surface area contributed by atoms with Gasteiger partial charge in [0.2, 0.25) is 0 Å². The fourth-order valence-corrected chi connectivity index (χ4v) is 5.29. The molecule has 3 aromatic rings. The zero-order valence-corrected chi connectivity index (χ0v) is 22.1. The number of hydrogen-bond acceptors (Lipinski definition) is 7. The van der Waals surface area contributed by atoms with E-state index in [1.54, 1.807) is 23.2 Å². The second-order valence-electron chi connectivity index (χ2n) is 10.3. The van der Waals surface area contributed by atoms with Crippen molar-refractivity contribution >= 4 is 28.7 Å². The van der Waals surface area contributed by atoms with Crippen molar-refractivity contribution in [3.8, 4) is 0 Å². The molecule has 2 heterocycles. The van der Waals surface area contributed by atoms with Crippen molar-refractivity contribution < 1.29 is 4.74 Å². The van der Waals surface area contributed by atoms with Crippen LogP contribution < -0.4 is 15.9 Å². The first kappa shape index (κ1) is 25.4. The molecule has 35 heavy (non-hydrogen) atoms. The average molecular weight is 495 g/mol. The molecule has 8 heteroatoms. The molecule has 4 rings (SSSR count). The van der Waals surface area contributed by atoms with Crippen LogP contribution in [0, 0.1) is 5.92 Å². The summed E-state index contributed by atoms with van der Waals surface area (Å²) < 4.78 is 10.2. The highest BCUT2D eigenvalue weighted by atomic mass is 32.2. The van der Waals surface area contributed by atoms with E-state index in [4.69, 9.17) is 21.3 Å². The van der Waals surface area contributed by atoms with Crippen molar-refractivity contribution in [2.45, 2.75) is 57.0 Å². The number of nitrogens with zero attached hydrogens (tertiary/aromatic N) is 4. The third kappa shape index (κ3) is 6.31. The first-order valence-electron chi connectivity index (χ1n) is 12.2. The fourth-order valence-electron chi connectivity index (χ4n) is 4.50. The Balaban J connectivity index is 1.52. The molecule has 0 unspecified atom stereocenters. The van der Waals surface area contributed by atoms with Crippen LogP contribution in [0.25, 0.3) is 11.0 Å². The average Bonchev–Trinajstić information content (AvgIpc) is 3.19. The van der Waals surface area contributed by atoms with Gasteiger partial charge in [0.25, 0.3) is 0 Å². The van der Waals surface area contributed by atoms with Crippen LogP contribution in [0.1, 0.15) is 45.0 Å². The quantitative estimate of drug-likeness (QED) is 0.259. The Morgan fingerprint density at radius 2 is 1.86 bits per heavy atom. The van der Waals surface area contributed by atoms with Gasteiger partial charge >= 0.3 is 0 Å². The van der Waals surface area contributed by atoms with E-state index in [9.17, 15) is 0 Å². The minimum Gasteiger partial charge on any atom is -0.403 e. The van der Waals surface area contributed by atoms with Gasteiger partial charge in [-0.15, -0.1) is 0 Å². The Bertz CT molecular complexity index is 1140. The lowest BCUT2D eigenvalue weighted by Gasteiger charge is -2.26. The molecular formula is C27H38N6OS. The van der Waals surface area contributed by atoms with Gasteiger partial charge in [0.1, 0.15) is 5.82 Å². The topological polar surface area (TPSA) is 85.6 Å². The van der Waals surface area contributed by atoms with Crippen molar-refractivity contribution in [1.29, 1.82) is 0 Å². The molecule has 0 amide bonds. The fraction of sp³-hybridized carbons (Fsp3) is 0.444. The highest BCUT2D eigenvalue weighted by Gasteiger charge is 2.25. The molecule has 0 radical (unpaired) electrons. The number of hydrazine groups is 1. The number of rotatable bonds is 8. The lowest BCUT2D eigenvalue weighted by molar-refractivity contribution is 0.0611. The highest BCUT2D eigenvalue weighted by Crippen LogP contribution is 2.33. The second kappa shape index (κ2) is 10.9. The van der Waals surface area contributed by atoms with Crippen molar-refractivity contribution in [3.63, 3.8) is 0 Å². The van der Waals surface area contributed by atoms with Crippen molar-refractivity contribution in [1.82, 2.24) is 14.6 Å². The summed E-state index contributed by atoms with van der Waals surface area (Å²) in [5.74, 6) is 7.68. The van der Waals surface area contributed by atoms with E-state index in [-0.39, 0.29) is 5.41 Å². The minimum atomic E-state index is -0.0220. The summed E-state index contributed by atoms with van der Waals surface area (Å²) in [6.07, 6.45) is 5.33. The molecule has 1 aliphatic heterocycles. The molecule has 188 valence electrons. The van der Waals surface area contributed by atoms with Crippen LogP contribution in [-0.4, -0.2) is 34.8 Å². The van der Waals surface area contributed by atoms with E-state index >= 15 is 0 Å². The van der Waals surface area contributed by atoms with Crippen molar-refractivity contribution in [3.05, 3.63) is 66.3 Å². The molecule has 4 N–H and O–H groups in total. The standard InChI is InChI=1S/C27H38N6OS/c1-27(2,3)26-30-24-17-22(7-10-25(24)33(26)19-21-11-15-34-16-12-21)31(4)35-23-8-5-20(6-9-23)18-32(29)14-13-28/h5-10,13-14,17,21H,11-12,15-16,18-19,28-29H2,1-4H3/b14-13-. The van der Waals surface area contributed by atoms with Gasteiger partial charge in [0.05, 0.1) is 17.6 Å². The smallest absolute Gasteiger partial charge is 0.115 e. The van der Waals surface area contributed by atoms with E-state index in [2.05, 4.69) is 79.2 Å². The predicted octanol–water partition coefficient (Wildman–Crippen LogP) is 5.01. The number of ether oxygens (including phenoxy) is 1. The Labute approximate surface area is 213 Å². The number of fused-ring (bicyclic) bond motifs is 1. The van der Waals surface area contributed by atoms with Crippen LogP contribution >= 0.6 is 11.9 Å². The second-order valence-corrected chi connectivity index (χ2v) is 11.5. The van der Waals surface area contributed by atoms with Crippen LogP contribution in [0.4, 0.5) is 5.69 Å². The Morgan fingerprint density at radius 1 is 1.14 bits per heavy atom. The summed E-state index contributed by atoms with van der Waals surface area (Å²) in [5, 5.41) is 1.57. The third-order valence-corrected chi connectivity index (χ3v) is 7.32. The number of anilines is 1. The number of hydrogen-bond donors (Lipinski definition) is 2. The predicted molar refractivity (Wildman–Crippen MR) is 146 cm³/mol. The van der Waals surface area contributed by atoms with Crippen molar-refractivity contribution in [2.24, 2.45) is 17.5 Å². The van der Waals surface area contributed by atoms with Gasteiger partial charge in [-0.25, -0.2) is 10.8 Å². The maximum atomic E-state index is 5.89. The summed E-state index contributed by atoms with van der Waals surface area (Å²) >= 11 is 1.69. The SMILES string of the molecule is CN(Sc1ccc(CN(N)/C=C\N)cc1)c1ccc2c(c1)nc(C(C)(C)C)n2CC1CCOCC1. The van der Waals surface area contributed by atoms with E-state index in [1.807, 2.05) is 0 Å². The highest BCUT2D eigenvalue weighted by molar-refractivity contribution is 8.00. The van der Waals surface area contributed by atoms with Gasteiger partial charge in [-0.1, -0.05) is 32.9 Å². The summed E-state index contributed by atoms with van der Waals surface area (Å²) in [5.41, 5.74) is 9.91. The molecule has 1 saturated heterocycles. The van der Waals surface area contributed by atoms with Gasteiger partial charge in [0.15, 0.2) is 0 Å². The Kier molecular flexibility index (Phi) is 7.94. The van der Waals surface area contributed by atoms with Gasteiger partial charge < -0.3 is 24.4 Å². The van der Waals surface area contributed by atoms with Crippen LogP contribution in [0.15, 0.2) is 59.8 Å². The molecule has 0 spiro atoms. The van der Waals surface area contributed by atoms with Crippen LogP contribution in [0.2, 0.25) is 0 Å². The lowest BCUT2D eigenvalue weighted by Crippen LogP contribution is -2.25. The van der Waals surface area contributed by atoms with Gasteiger partial charge in [-0.05, 0) is 66.6 Å². The molecule has 1 fully saturated rings. The summed E-state index contributed by atoms with van der Waals surface area (Å²) in [4.78, 5) is 6.28. The summed E-state index contributed by atoms with van der Waals surface area (Å²) in [6.45, 7) is 10.1. The summed E-state index contributed by atoms with van der Waals surface area (Å²) in [7, 11) is 2.09. The van der Waals surface area contributed by atoms with E-state index in [1.165, 1.54) is 11.7 Å². The van der Waals surface area contributed by atoms with Gasteiger partial charge in [-0.3, -0.25) is 0 Å². The molecule has 0 saturated carbocycles. The molecule has 0 atom stereocenters. The Morgan fingerprint density at radius 3 is 2.51 bits per heavy atom. The maximum Gasteiger partial charge on any atom is 0.115 e. The molecule has 1 aromatic heterocycles. The maximum absolute atomic E-state index is 5.89. The monoisotopic (exact) mass is 494 g/mol. The van der Waals surface area contributed by atoms with E-state index < -0.39 is 0 Å². The molecule has 0 aliphatic carbocycles. The lowest BCUT2D eigenvalue weighted by atomic mass is 9.94. The van der Waals surface area contributed by atoms with Crippen LogP contribution in [0.3, 0.4) is 0 Å². The normalized spacial score (nSPS) is 15.2. The third-order valence-electron chi connectivity index (χ3n) is 6.36. The zero-order chi connectivity index (χ0) is 25.0. The number of nitrogens with two attached hydrogens (primary N) is 2. The first-order chi connectivity index (χ1) is 16.7. The molecule has 2 aromatic carbocycles. The number of benzene rings is 2. The number of aromatic nitrogens is 2.